The maximum atomic E-state index is 14.0. The standard InChI is InChI=1S/C16H16FN3O2/c1-10-9-18-16(20-8-4-7-13(20)15(21)22)19-14(10)11-5-2-3-6-12(11)17/h2-3,5-6,9,13H,4,7-8H2,1H3,(H,21,22)/t13-/m1/s1. The Morgan fingerprint density at radius 3 is 2.91 bits per heavy atom. The fourth-order valence-electron chi connectivity index (χ4n) is 2.76. The first-order valence-corrected chi connectivity index (χ1v) is 7.16. The maximum absolute atomic E-state index is 14.0. The molecule has 1 aliphatic rings. The molecule has 0 amide bonds. The minimum Gasteiger partial charge on any atom is -0.480 e. The molecule has 0 spiro atoms. The fourth-order valence-corrected chi connectivity index (χ4v) is 2.76. The molecule has 6 heteroatoms. The van der Waals surface area contributed by atoms with Gasteiger partial charge in [0.15, 0.2) is 0 Å². The molecule has 2 aromatic rings. The molecule has 0 bridgehead atoms. The quantitative estimate of drug-likeness (QED) is 0.944. The fraction of sp³-hybridized carbons (Fsp3) is 0.312. The van der Waals surface area contributed by atoms with Gasteiger partial charge in [-0.25, -0.2) is 19.2 Å². The van der Waals surface area contributed by atoms with Crippen molar-refractivity contribution in [2.75, 3.05) is 11.4 Å². The number of nitrogens with zero attached hydrogens (tertiary/aromatic N) is 3. The van der Waals surface area contributed by atoms with Crippen molar-refractivity contribution < 1.29 is 14.3 Å². The summed E-state index contributed by atoms with van der Waals surface area (Å²) in [5.74, 6) is -0.894. The summed E-state index contributed by atoms with van der Waals surface area (Å²) in [4.78, 5) is 21.6. The average molecular weight is 301 g/mol. The molecular formula is C16H16FN3O2. The van der Waals surface area contributed by atoms with Crippen LogP contribution in [0, 0.1) is 12.7 Å². The van der Waals surface area contributed by atoms with Gasteiger partial charge in [-0.3, -0.25) is 0 Å². The van der Waals surface area contributed by atoms with E-state index in [4.69, 9.17) is 0 Å². The zero-order valence-corrected chi connectivity index (χ0v) is 12.2. The first kappa shape index (κ1) is 14.4. The largest absolute Gasteiger partial charge is 0.480 e. The summed E-state index contributed by atoms with van der Waals surface area (Å²) in [6, 6.07) is 5.79. The van der Waals surface area contributed by atoms with Crippen molar-refractivity contribution in [2.45, 2.75) is 25.8 Å². The van der Waals surface area contributed by atoms with Crippen LogP contribution in [-0.4, -0.2) is 33.6 Å². The number of hydrogen-bond donors (Lipinski definition) is 1. The van der Waals surface area contributed by atoms with Gasteiger partial charge in [-0.15, -0.1) is 0 Å². The van der Waals surface area contributed by atoms with Gasteiger partial charge in [-0.2, -0.15) is 0 Å². The van der Waals surface area contributed by atoms with Crippen molar-refractivity contribution in [3.05, 3.63) is 41.8 Å². The summed E-state index contributed by atoms with van der Waals surface area (Å²) in [6.07, 6.45) is 2.96. The highest BCUT2D eigenvalue weighted by molar-refractivity contribution is 5.78. The highest BCUT2D eigenvalue weighted by Crippen LogP contribution is 2.28. The first-order chi connectivity index (χ1) is 10.6. The molecule has 5 nitrogen and oxygen atoms in total. The topological polar surface area (TPSA) is 66.3 Å². The smallest absolute Gasteiger partial charge is 0.326 e. The molecular weight excluding hydrogens is 285 g/mol. The van der Waals surface area contributed by atoms with Crippen molar-refractivity contribution in [2.24, 2.45) is 0 Å². The monoisotopic (exact) mass is 301 g/mol. The zero-order valence-electron chi connectivity index (χ0n) is 12.2. The second-order valence-electron chi connectivity index (χ2n) is 5.37. The number of benzene rings is 1. The lowest BCUT2D eigenvalue weighted by molar-refractivity contribution is -0.138. The van der Waals surface area contributed by atoms with Gasteiger partial charge in [0.05, 0.1) is 5.69 Å². The number of halogens is 1. The van der Waals surface area contributed by atoms with Crippen LogP contribution in [-0.2, 0) is 4.79 Å². The molecule has 0 aliphatic carbocycles. The van der Waals surface area contributed by atoms with E-state index in [-0.39, 0.29) is 5.82 Å². The Balaban J connectivity index is 2.04. The van der Waals surface area contributed by atoms with E-state index in [2.05, 4.69) is 9.97 Å². The third-order valence-corrected chi connectivity index (χ3v) is 3.88. The van der Waals surface area contributed by atoms with Crippen LogP contribution in [0.5, 0.6) is 0 Å². The van der Waals surface area contributed by atoms with E-state index in [9.17, 15) is 14.3 Å². The second kappa shape index (κ2) is 5.71. The van der Waals surface area contributed by atoms with Crippen LogP contribution < -0.4 is 4.90 Å². The molecule has 1 aromatic carbocycles. The van der Waals surface area contributed by atoms with Gasteiger partial charge < -0.3 is 10.0 Å². The number of rotatable bonds is 3. The summed E-state index contributed by atoms with van der Waals surface area (Å²) in [5, 5.41) is 9.27. The van der Waals surface area contributed by atoms with E-state index in [1.807, 2.05) is 6.92 Å². The molecule has 1 aliphatic heterocycles. The predicted octanol–water partition coefficient (Wildman–Crippen LogP) is 2.64. The van der Waals surface area contributed by atoms with Crippen molar-refractivity contribution in [1.82, 2.24) is 9.97 Å². The molecule has 1 atom stereocenters. The van der Waals surface area contributed by atoms with E-state index in [1.54, 1.807) is 29.3 Å². The highest BCUT2D eigenvalue weighted by Gasteiger charge is 2.32. The number of hydrogen-bond acceptors (Lipinski definition) is 4. The predicted molar refractivity (Wildman–Crippen MR) is 80.2 cm³/mol. The lowest BCUT2D eigenvalue weighted by atomic mass is 10.1. The van der Waals surface area contributed by atoms with Crippen molar-refractivity contribution >= 4 is 11.9 Å². The molecule has 0 unspecified atom stereocenters. The third-order valence-electron chi connectivity index (χ3n) is 3.88. The summed E-state index contributed by atoms with van der Waals surface area (Å²) in [7, 11) is 0. The molecule has 1 N–H and O–H groups in total. The van der Waals surface area contributed by atoms with E-state index in [0.29, 0.717) is 30.2 Å². The molecule has 114 valence electrons. The van der Waals surface area contributed by atoms with Gasteiger partial charge in [0.25, 0.3) is 0 Å². The lowest BCUT2D eigenvalue weighted by Gasteiger charge is -2.22. The summed E-state index contributed by atoms with van der Waals surface area (Å²) < 4.78 is 14.0. The normalized spacial score (nSPS) is 17.7. The van der Waals surface area contributed by atoms with Crippen LogP contribution in [0.3, 0.4) is 0 Å². The molecule has 1 aromatic heterocycles. The first-order valence-electron chi connectivity index (χ1n) is 7.16. The highest BCUT2D eigenvalue weighted by atomic mass is 19.1. The van der Waals surface area contributed by atoms with E-state index in [1.165, 1.54) is 6.07 Å². The Kier molecular flexibility index (Phi) is 3.75. The van der Waals surface area contributed by atoms with Gasteiger partial charge >= 0.3 is 5.97 Å². The minimum absolute atomic E-state index is 0.341. The van der Waals surface area contributed by atoms with Crippen molar-refractivity contribution in [3.63, 3.8) is 0 Å². The zero-order chi connectivity index (χ0) is 15.7. The number of aryl methyl sites for hydroxylation is 1. The Morgan fingerprint density at radius 1 is 1.41 bits per heavy atom. The molecule has 2 heterocycles. The van der Waals surface area contributed by atoms with Crippen molar-refractivity contribution in [3.8, 4) is 11.3 Å². The van der Waals surface area contributed by atoms with Gasteiger partial charge in [0.1, 0.15) is 11.9 Å². The molecule has 1 saturated heterocycles. The van der Waals surface area contributed by atoms with Crippen LogP contribution in [0.25, 0.3) is 11.3 Å². The van der Waals surface area contributed by atoms with Gasteiger partial charge in [-0.05, 0) is 37.5 Å². The maximum Gasteiger partial charge on any atom is 0.326 e. The second-order valence-corrected chi connectivity index (χ2v) is 5.37. The average Bonchev–Trinajstić information content (AvgIpc) is 2.98. The Morgan fingerprint density at radius 2 is 2.18 bits per heavy atom. The summed E-state index contributed by atoms with van der Waals surface area (Å²) in [5.41, 5.74) is 1.65. The molecule has 3 rings (SSSR count). The SMILES string of the molecule is Cc1cnc(N2CCC[C@@H]2C(=O)O)nc1-c1ccccc1F. The van der Waals surface area contributed by atoms with Crippen LogP contribution in [0.4, 0.5) is 10.3 Å². The van der Waals surface area contributed by atoms with Crippen LogP contribution in [0.15, 0.2) is 30.5 Å². The summed E-state index contributed by atoms with van der Waals surface area (Å²) in [6.45, 7) is 2.40. The van der Waals surface area contributed by atoms with Gasteiger partial charge in [0, 0.05) is 18.3 Å². The van der Waals surface area contributed by atoms with Crippen LogP contribution >= 0.6 is 0 Å². The van der Waals surface area contributed by atoms with Gasteiger partial charge in [-0.1, -0.05) is 12.1 Å². The molecule has 1 fully saturated rings. The number of aliphatic carboxylic acids is 1. The Hall–Kier alpha value is -2.50. The third kappa shape index (κ3) is 2.52. The molecule has 22 heavy (non-hydrogen) atoms. The number of aromatic nitrogens is 2. The number of carboxylic acids is 1. The Labute approximate surface area is 127 Å². The lowest BCUT2D eigenvalue weighted by Crippen LogP contribution is -2.37. The van der Waals surface area contributed by atoms with E-state index >= 15 is 0 Å². The summed E-state index contributed by atoms with van der Waals surface area (Å²) >= 11 is 0. The molecule has 0 saturated carbocycles. The number of carboxylic acid groups (broad SMARTS) is 1. The minimum atomic E-state index is -0.880. The van der Waals surface area contributed by atoms with Crippen LogP contribution in [0.2, 0.25) is 0 Å². The number of carbonyl (C=O) groups is 1. The van der Waals surface area contributed by atoms with Crippen LogP contribution in [0.1, 0.15) is 18.4 Å². The van der Waals surface area contributed by atoms with Crippen molar-refractivity contribution in [1.29, 1.82) is 0 Å². The Bertz CT molecular complexity index is 720. The van der Waals surface area contributed by atoms with E-state index < -0.39 is 12.0 Å². The number of anilines is 1. The van der Waals surface area contributed by atoms with E-state index in [0.717, 1.165) is 12.0 Å². The molecule has 0 radical (unpaired) electrons. The van der Waals surface area contributed by atoms with Gasteiger partial charge in [0.2, 0.25) is 5.95 Å².